The molecular formula is C28H25ClN4O2S. The first-order valence-electron chi connectivity index (χ1n) is 11.7. The van der Waals surface area contributed by atoms with Crippen molar-refractivity contribution in [2.45, 2.75) is 25.9 Å². The van der Waals surface area contributed by atoms with Crippen LogP contribution in [0.3, 0.4) is 0 Å². The van der Waals surface area contributed by atoms with E-state index in [1.807, 2.05) is 85.5 Å². The third-order valence-corrected chi connectivity index (χ3v) is 6.72. The van der Waals surface area contributed by atoms with Crippen LogP contribution in [-0.2, 0) is 4.79 Å². The van der Waals surface area contributed by atoms with E-state index in [1.165, 1.54) is 0 Å². The maximum absolute atomic E-state index is 12.2. The van der Waals surface area contributed by atoms with E-state index in [2.05, 4.69) is 15.6 Å². The average Bonchev–Trinajstić information content (AvgIpc) is 3.51. The first-order chi connectivity index (χ1) is 17.4. The third kappa shape index (κ3) is 4.72. The normalized spacial score (nSPS) is 17.3. The molecule has 0 radical (unpaired) electrons. The summed E-state index contributed by atoms with van der Waals surface area (Å²) in [5.74, 6) is 1.26. The number of rotatable bonds is 6. The number of amides is 1. The molecule has 182 valence electrons. The molecule has 2 aromatic carbocycles. The molecule has 3 heterocycles. The SMILES string of the molecule is CC(C)C(=O)Nc1ccc(N2C(=S)N[C@H](c3ccccn3)[C@@H]2c2ccc(-c3ccccc3)o2)cc1Cl. The quantitative estimate of drug-likeness (QED) is 0.276. The van der Waals surface area contributed by atoms with Gasteiger partial charge in [0.2, 0.25) is 5.91 Å². The van der Waals surface area contributed by atoms with Crippen molar-refractivity contribution in [2.75, 3.05) is 10.2 Å². The van der Waals surface area contributed by atoms with Crippen LogP contribution in [0.4, 0.5) is 11.4 Å². The van der Waals surface area contributed by atoms with Crippen molar-refractivity contribution in [2.24, 2.45) is 5.92 Å². The lowest BCUT2D eigenvalue weighted by atomic mass is 10.0. The zero-order valence-corrected chi connectivity index (χ0v) is 21.4. The minimum atomic E-state index is -0.308. The molecule has 0 saturated carbocycles. The zero-order valence-electron chi connectivity index (χ0n) is 19.8. The van der Waals surface area contributed by atoms with Gasteiger partial charge in [0.05, 0.1) is 22.4 Å². The Morgan fingerprint density at radius 1 is 1.08 bits per heavy atom. The van der Waals surface area contributed by atoms with Crippen molar-refractivity contribution in [3.8, 4) is 11.3 Å². The lowest BCUT2D eigenvalue weighted by Gasteiger charge is -2.26. The Morgan fingerprint density at radius 2 is 1.86 bits per heavy atom. The second kappa shape index (κ2) is 10.1. The second-order valence-electron chi connectivity index (χ2n) is 8.87. The Balaban J connectivity index is 1.54. The molecule has 2 atom stereocenters. The zero-order chi connectivity index (χ0) is 25.2. The number of thiocarbonyl (C=S) groups is 1. The monoisotopic (exact) mass is 516 g/mol. The van der Waals surface area contributed by atoms with Gasteiger partial charge in [0.1, 0.15) is 17.6 Å². The Kier molecular flexibility index (Phi) is 6.76. The van der Waals surface area contributed by atoms with E-state index < -0.39 is 0 Å². The summed E-state index contributed by atoms with van der Waals surface area (Å²) in [6.45, 7) is 3.67. The van der Waals surface area contributed by atoms with Crippen molar-refractivity contribution >= 4 is 46.2 Å². The van der Waals surface area contributed by atoms with Crippen LogP contribution in [-0.4, -0.2) is 16.0 Å². The Labute approximate surface area is 220 Å². The van der Waals surface area contributed by atoms with Gasteiger partial charge in [-0.1, -0.05) is 61.8 Å². The number of pyridine rings is 1. The van der Waals surface area contributed by atoms with E-state index in [1.54, 1.807) is 18.3 Å². The number of hydrogen-bond donors (Lipinski definition) is 2. The van der Waals surface area contributed by atoms with Gasteiger partial charge in [-0.25, -0.2) is 0 Å². The largest absolute Gasteiger partial charge is 0.459 e. The molecule has 0 aliphatic carbocycles. The molecule has 0 unspecified atom stereocenters. The van der Waals surface area contributed by atoms with Gasteiger partial charge in [0.15, 0.2) is 5.11 Å². The highest BCUT2D eigenvalue weighted by atomic mass is 35.5. The average molecular weight is 517 g/mol. The van der Waals surface area contributed by atoms with Crippen molar-refractivity contribution in [1.29, 1.82) is 0 Å². The number of nitrogens with one attached hydrogen (secondary N) is 2. The third-order valence-electron chi connectivity index (χ3n) is 6.09. The van der Waals surface area contributed by atoms with Crippen LogP contribution in [0.5, 0.6) is 0 Å². The fourth-order valence-electron chi connectivity index (χ4n) is 4.22. The highest BCUT2D eigenvalue weighted by Gasteiger charge is 2.42. The predicted octanol–water partition coefficient (Wildman–Crippen LogP) is 6.77. The van der Waals surface area contributed by atoms with Crippen molar-refractivity contribution in [3.05, 3.63) is 102 Å². The van der Waals surface area contributed by atoms with E-state index in [4.69, 9.17) is 28.2 Å². The summed E-state index contributed by atoms with van der Waals surface area (Å²) in [6, 6.07) is 24.7. The molecule has 0 spiro atoms. The molecule has 2 N–H and O–H groups in total. The summed E-state index contributed by atoms with van der Waals surface area (Å²) in [5, 5.41) is 7.25. The molecule has 4 aromatic rings. The summed E-state index contributed by atoms with van der Waals surface area (Å²) >= 11 is 12.4. The number of carbonyl (C=O) groups excluding carboxylic acids is 1. The van der Waals surface area contributed by atoms with Gasteiger partial charge in [0.25, 0.3) is 0 Å². The van der Waals surface area contributed by atoms with Crippen LogP contribution in [0.2, 0.25) is 5.02 Å². The molecule has 2 aromatic heterocycles. The summed E-state index contributed by atoms with van der Waals surface area (Å²) in [4.78, 5) is 18.8. The molecule has 1 aliphatic heterocycles. The van der Waals surface area contributed by atoms with Crippen LogP contribution < -0.4 is 15.5 Å². The van der Waals surface area contributed by atoms with E-state index in [0.29, 0.717) is 15.8 Å². The van der Waals surface area contributed by atoms with Gasteiger partial charge in [-0.05, 0) is 54.7 Å². The number of halogens is 1. The van der Waals surface area contributed by atoms with Crippen LogP contribution in [0.25, 0.3) is 11.3 Å². The highest BCUT2D eigenvalue weighted by Crippen LogP contribution is 2.44. The van der Waals surface area contributed by atoms with Gasteiger partial charge in [-0.3, -0.25) is 9.78 Å². The Hall–Kier alpha value is -3.68. The number of aromatic nitrogens is 1. The molecular weight excluding hydrogens is 492 g/mol. The smallest absolute Gasteiger partial charge is 0.226 e. The van der Waals surface area contributed by atoms with E-state index in [0.717, 1.165) is 28.5 Å². The molecule has 6 nitrogen and oxygen atoms in total. The van der Waals surface area contributed by atoms with Crippen molar-refractivity contribution in [3.63, 3.8) is 0 Å². The number of hydrogen-bond acceptors (Lipinski definition) is 4. The summed E-state index contributed by atoms with van der Waals surface area (Å²) < 4.78 is 6.38. The molecule has 1 saturated heterocycles. The van der Waals surface area contributed by atoms with Crippen LogP contribution >= 0.6 is 23.8 Å². The summed E-state index contributed by atoms with van der Waals surface area (Å²) in [5.41, 5.74) is 3.17. The van der Waals surface area contributed by atoms with Gasteiger partial charge in [-0.15, -0.1) is 0 Å². The Morgan fingerprint density at radius 3 is 2.56 bits per heavy atom. The number of nitrogens with zero attached hydrogens (tertiary/aromatic N) is 2. The molecule has 36 heavy (non-hydrogen) atoms. The molecule has 1 aliphatic rings. The van der Waals surface area contributed by atoms with Crippen LogP contribution in [0.1, 0.15) is 37.4 Å². The lowest BCUT2D eigenvalue weighted by molar-refractivity contribution is -0.118. The van der Waals surface area contributed by atoms with E-state index in [-0.39, 0.29) is 23.9 Å². The van der Waals surface area contributed by atoms with Gasteiger partial charge in [0, 0.05) is 23.4 Å². The minimum absolute atomic E-state index is 0.0971. The maximum Gasteiger partial charge on any atom is 0.226 e. The maximum atomic E-state index is 12.2. The van der Waals surface area contributed by atoms with Crippen molar-refractivity contribution in [1.82, 2.24) is 10.3 Å². The number of carbonyl (C=O) groups is 1. The molecule has 5 rings (SSSR count). The van der Waals surface area contributed by atoms with Crippen LogP contribution in [0, 0.1) is 5.92 Å². The number of benzene rings is 2. The van der Waals surface area contributed by atoms with Gasteiger partial charge < -0.3 is 20.0 Å². The van der Waals surface area contributed by atoms with Crippen molar-refractivity contribution < 1.29 is 9.21 Å². The standard InChI is InChI=1S/C28H25ClN4O2S/c1-17(2)27(34)31-21-12-11-19(16-20(21)29)33-26(25(32-28(33)36)22-10-6-7-15-30-22)24-14-13-23(35-24)18-8-4-3-5-9-18/h3-17,25-26H,1-2H3,(H,31,34)(H,32,36)/t25-,26+/m1/s1. The van der Waals surface area contributed by atoms with E-state index in [9.17, 15) is 4.79 Å². The predicted molar refractivity (Wildman–Crippen MR) is 147 cm³/mol. The molecule has 1 fully saturated rings. The first-order valence-corrected chi connectivity index (χ1v) is 12.5. The minimum Gasteiger partial charge on any atom is -0.459 e. The number of furan rings is 1. The van der Waals surface area contributed by atoms with E-state index >= 15 is 0 Å². The highest BCUT2D eigenvalue weighted by molar-refractivity contribution is 7.80. The fraction of sp³-hybridized carbons (Fsp3) is 0.179. The topological polar surface area (TPSA) is 70.4 Å². The van der Waals surface area contributed by atoms with Crippen LogP contribution in [0.15, 0.2) is 89.5 Å². The Bertz CT molecular complexity index is 1390. The number of anilines is 2. The summed E-state index contributed by atoms with van der Waals surface area (Å²) in [6.07, 6.45) is 1.76. The van der Waals surface area contributed by atoms with Gasteiger partial charge >= 0.3 is 0 Å². The fourth-order valence-corrected chi connectivity index (χ4v) is 4.79. The molecule has 1 amide bonds. The first kappa shape index (κ1) is 24.0. The summed E-state index contributed by atoms with van der Waals surface area (Å²) in [7, 11) is 0. The molecule has 8 heteroatoms. The molecule has 0 bridgehead atoms. The second-order valence-corrected chi connectivity index (χ2v) is 9.67. The van der Waals surface area contributed by atoms with Gasteiger partial charge in [-0.2, -0.15) is 0 Å². The lowest BCUT2D eigenvalue weighted by Crippen LogP contribution is -2.29.